The topological polar surface area (TPSA) is 15.6 Å². The molecule has 1 aliphatic heterocycles. The number of halogens is 1. The van der Waals surface area contributed by atoms with Crippen molar-refractivity contribution < 1.29 is 4.39 Å². The van der Waals surface area contributed by atoms with Gasteiger partial charge >= 0.3 is 0 Å². The van der Waals surface area contributed by atoms with Gasteiger partial charge in [-0.2, -0.15) is 0 Å². The van der Waals surface area contributed by atoms with Gasteiger partial charge < -0.3 is 4.90 Å². The summed E-state index contributed by atoms with van der Waals surface area (Å²) in [4.78, 5) is 6.92. The Balaban J connectivity index is 2.55. The maximum atomic E-state index is 13.4. The average Bonchev–Trinajstić information content (AvgIpc) is 2.75. The molecule has 3 heteroatoms. The number of nitrogens with zero attached hydrogens (tertiary/aromatic N) is 2. The third kappa shape index (κ3) is 4.69. The number of aliphatic imine (C=N–C) groups is 1. The lowest BCUT2D eigenvalue weighted by molar-refractivity contribution is 0.149. The summed E-state index contributed by atoms with van der Waals surface area (Å²) >= 11 is 0. The molecule has 2 nitrogen and oxygen atoms in total. The number of likely N-dealkylation sites (tertiary alicyclic amines) is 1. The maximum Gasteiger partial charge on any atom is 0.120 e. The molecule has 0 saturated carbocycles. The van der Waals surface area contributed by atoms with Gasteiger partial charge in [0.25, 0.3) is 0 Å². The van der Waals surface area contributed by atoms with Gasteiger partial charge in [-0.1, -0.05) is 13.3 Å². The summed E-state index contributed by atoms with van der Waals surface area (Å²) in [5.74, 6) is -0.0920. The zero-order valence-electron chi connectivity index (χ0n) is 13.9. The van der Waals surface area contributed by atoms with Crippen LogP contribution in [0.2, 0.25) is 0 Å². The van der Waals surface area contributed by atoms with Crippen molar-refractivity contribution in [2.45, 2.75) is 71.8 Å². The summed E-state index contributed by atoms with van der Waals surface area (Å²) in [6.45, 7) is 9.31. The molecule has 0 N–H and O–H groups in total. The fraction of sp³-hybridized carbons (Fsp3) is 0.824. The van der Waals surface area contributed by atoms with Crippen LogP contribution in [-0.4, -0.2) is 36.3 Å². The van der Waals surface area contributed by atoms with Crippen molar-refractivity contribution >= 4 is 5.71 Å². The molecule has 0 aromatic heterocycles. The minimum atomic E-state index is -0.0920. The summed E-state index contributed by atoms with van der Waals surface area (Å²) in [5, 5.41) is 0. The molecule has 0 unspecified atom stereocenters. The molecule has 0 aliphatic carbocycles. The lowest BCUT2D eigenvalue weighted by Gasteiger charge is -2.36. The van der Waals surface area contributed by atoms with Crippen molar-refractivity contribution in [3.05, 3.63) is 11.4 Å². The Labute approximate surface area is 124 Å². The standard InChI is InChI=1S/C17H31FN2/c1-6-9-17(10-7-12-20(17)5)11-8-15(4)19-13-16(18)14(2)3/h6-13H2,1-5H3/b19-15+/t17-/m0/s1. The second-order valence-corrected chi connectivity index (χ2v) is 6.46. The highest BCUT2D eigenvalue weighted by Gasteiger charge is 2.37. The Kier molecular flexibility index (Phi) is 6.87. The van der Waals surface area contributed by atoms with E-state index in [1.807, 2.05) is 6.92 Å². The van der Waals surface area contributed by atoms with Crippen LogP contribution in [-0.2, 0) is 0 Å². The predicted molar refractivity (Wildman–Crippen MR) is 86.2 cm³/mol. The number of hydrogen-bond donors (Lipinski definition) is 0. The molecule has 0 aromatic carbocycles. The van der Waals surface area contributed by atoms with E-state index in [0.717, 1.165) is 24.1 Å². The van der Waals surface area contributed by atoms with Gasteiger partial charge in [0, 0.05) is 11.3 Å². The van der Waals surface area contributed by atoms with Gasteiger partial charge in [0.05, 0.1) is 6.54 Å². The quantitative estimate of drug-likeness (QED) is 0.615. The van der Waals surface area contributed by atoms with Crippen LogP contribution in [0, 0.1) is 0 Å². The van der Waals surface area contributed by atoms with Crippen LogP contribution in [0.25, 0.3) is 0 Å². The van der Waals surface area contributed by atoms with E-state index < -0.39 is 0 Å². The number of rotatable bonds is 7. The van der Waals surface area contributed by atoms with Crippen LogP contribution in [0.1, 0.15) is 66.2 Å². The van der Waals surface area contributed by atoms with E-state index >= 15 is 0 Å². The predicted octanol–water partition coefficient (Wildman–Crippen LogP) is 4.76. The van der Waals surface area contributed by atoms with Gasteiger partial charge in [-0.25, -0.2) is 4.39 Å². The minimum Gasteiger partial charge on any atom is -0.301 e. The summed E-state index contributed by atoms with van der Waals surface area (Å²) < 4.78 is 13.4. The van der Waals surface area contributed by atoms with Crippen molar-refractivity contribution in [2.75, 3.05) is 20.1 Å². The highest BCUT2D eigenvalue weighted by molar-refractivity contribution is 5.82. The Morgan fingerprint density at radius 3 is 2.45 bits per heavy atom. The second kappa shape index (κ2) is 7.92. The first-order chi connectivity index (χ1) is 9.41. The van der Waals surface area contributed by atoms with Crippen LogP contribution in [0.15, 0.2) is 16.4 Å². The largest absolute Gasteiger partial charge is 0.301 e. The van der Waals surface area contributed by atoms with E-state index in [4.69, 9.17) is 0 Å². The van der Waals surface area contributed by atoms with Crippen LogP contribution in [0.5, 0.6) is 0 Å². The Bertz CT molecular complexity index is 369. The van der Waals surface area contributed by atoms with Gasteiger partial charge in [-0.15, -0.1) is 0 Å². The van der Waals surface area contributed by atoms with E-state index in [2.05, 4.69) is 23.9 Å². The first kappa shape index (κ1) is 17.4. The molecule has 0 aromatic rings. The van der Waals surface area contributed by atoms with Crippen molar-refractivity contribution in [3.63, 3.8) is 0 Å². The monoisotopic (exact) mass is 282 g/mol. The summed E-state index contributed by atoms with van der Waals surface area (Å²) in [5.41, 5.74) is 2.18. The van der Waals surface area contributed by atoms with E-state index in [9.17, 15) is 4.39 Å². The lowest BCUT2D eigenvalue weighted by atomic mass is 9.85. The molecule has 116 valence electrons. The Hall–Kier alpha value is -0.700. The molecule has 0 spiro atoms. The van der Waals surface area contributed by atoms with Gasteiger partial charge in [0.1, 0.15) is 5.83 Å². The summed E-state index contributed by atoms with van der Waals surface area (Å²) in [6.07, 6.45) is 7.24. The zero-order chi connectivity index (χ0) is 15.2. The Morgan fingerprint density at radius 2 is 1.95 bits per heavy atom. The Morgan fingerprint density at radius 1 is 1.25 bits per heavy atom. The van der Waals surface area contributed by atoms with Crippen molar-refractivity contribution in [1.29, 1.82) is 0 Å². The van der Waals surface area contributed by atoms with Crippen molar-refractivity contribution in [2.24, 2.45) is 4.99 Å². The van der Waals surface area contributed by atoms with E-state index in [0.29, 0.717) is 5.54 Å². The fourth-order valence-corrected chi connectivity index (χ4v) is 3.15. The molecule has 1 fully saturated rings. The van der Waals surface area contributed by atoms with Gasteiger partial charge in [0.2, 0.25) is 0 Å². The van der Waals surface area contributed by atoms with Crippen LogP contribution in [0.4, 0.5) is 4.39 Å². The lowest BCUT2D eigenvalue weighted by Crippen LogP contribution is -2.41. The molecule has 1 atom stereocenters. The van der Waals surface area contributed by atoms with Gasteiger partial charge in [-0.3, -0.25) is 4.99 Å². The molecule has 0 radical (unpaired) electrons. The third-order valence-corrected chi connectivity index (χ3v) is 4.64. The minimum absolute atomic E-state index is 0.0920. The maximum absolute atomic E-state index is 13.4. The number of hydrogen-bond acceptors (Lipinski definition) is 2. The van der Waals surface area contributed by atoms with Crippen LogP contribution >= 0.6 is 0 Å². The average molecular weight is 282 g/mol. The molecule has 0 bridgehead atoms. The van der Waals surface area contributed by atoms with Gasteiger partial charge in [0.15, 0.2) is 0 Å². The molecule has 1 aliphatic rings. The van der Waals surface area contributed by atoms with E-state index in [-0.39, 0.29) is 12.4 Å². The first-order valence-electron chi connectivity index (χ1n) is 7.94. The molecule has 20 heavy (non-hydrogen) atoms. The SMILES string of the molecule is CCC[C@@]1(CC/C(C)=N/CC(F)=C(C)C)CCCN1C. The summed E-state index contributed by atoms with van der Waals surface area (Å²) in [7, 11) is 2.25. The number of allylic oxidation sites excluding steroid dienone is 1. The molecular weight excluding hydrogens is 251 g/mol. The van der Waals surface area contributed by atoms with Crippen LogP contribution in [0.3, 0.4) is 0 Å². The fourth-order valence-electron chi connectivity index (χ4n) is 3.15. The van der Waals surface area contributed by atoms with Crippen LogP contribution < -0.4 is 0 Å². The summed E-state index contributed by atoms with van der Waals surface area (Å²) in [6, 6.07) is 0. The van der Waals surface area contributed by atoms with Crippen molar-refractivity contribution in [3.8, 4) is 0 Å². The second-order valence-electron chi connectivity index (χ2n) is 6.46. The highest BCUT2D eigenvalue weighted by Crippen LogP contribution is 2.36. The molecule has 1 heterocycles. The third-order valence-electron chi connectivity index (χ3n) is 4.64. The van der Waals surface area contributed by atoms with E-state index in [1.165, 1.54) is 32.2 Å². The smallest absolute Gasteiger partial charge is 0.120 e. The molecule has 1 saturated heterocycles. The normalized spacial score (nSPS) is 24.2. The zero-order valence-corrected chi connectivity index (χ0v) is 13.9. The first-order valence-corrected chi connectivity index (χ1v) is 7.94. The molecule has 1 rings (SSSR count). The molecular formula is C17H31FN2. The van der Waals surface area contributed by atoms with Crippen molar-refractivity contribution in [1.82, 2.24) is 4.90 Å². The highest BCUT2D eigenvalue weighted by atomic mass is 19.1. The van der Waals surface area contributed by atoms with Gasteiger partial charge in [-0.05, 0) is 72.0 Å². The van der Waals surface area contributed by atoms with E-state index in [1.54, 1.807) is 13.8 Å². The molecule has 0 amide bonds.